The molecule has 3 aromatic heterocycles. The van der Waals surface area contributed by atoms with Gasteiger partial charge in [0.2, 0.25) is 4.96 Å². The topological polar surface area (TPSA) is 71.3 Å². The predicted molar refractivity (Wildman–Crippen MR) is 105 cm³/mol. The number of aromatic nitrogens is 3. The minimum absolute atomic E-state index is 0.200. The van der Waals surface area contributed by atoms with Gasteiger partial charge in [0.05, 0.1) is 12.2 Å². The molecule has 1 aromatic carbocycles. The molecule has 6 nitrogen and oxygen atoms in total. The van der Waals surface area contributed by atoms with Crippen molar-refractivity contribution < 1.29 is 9.18 Å². The molecule has 4 aromatic rings. The molecule has 0 aliphatic heterocycles. The highest BCUT2D eigenvalue weighted by Gasteiger charge is 2.12. The van der Waals surface area contributed by atoms with E-state index < -0.39 is 0 Å². The van der Waals surface area contributed by atoms with Gasteiger partial charge >= 0.3 is 6.03 Å². The first-order chi connectivity index (χ1) is 13.2. The van der Waals surface area contributed by atoms with Crippen molar-refractivity contribution in [3.8, 4) is 11.4 Å². The number of thiophene rings is 1. The zero-order chi connectivity index (χ0) is 18.6. The third-order valence-electron chi connectivity index (χ3n) is 3.90. The summed E-state index contributed by atoms with van der Waals surface area (Å²) in [5.41, 5.74) is 1.59. The van der Waals surface area contributed by atoms with E-state index in [1.54, 1.807) is 28.0 Å². The van der Waals surface area contributed by atoms with Crippen molar-refractivity contribution >= 4 is 33.7 Å². The van der Waals surface area contributed by atoms with Gasteiger partial charge in [-0.15, -0.1) is 27.8 Å². The summed E-state index contributed by atoms with van der Waals surface area (Å²) in [5, 5.41) is 14.1. The van der Waals surface area contributed by atoms with Crippen molar-refractivity contribution in [2.45, 2.75) is 13.0 Å². The molecule has 27 heavy (non-hydrogen) atoms. The second-order valence-electron chi connectivity index (χ2n) is 5.81. The Labute approximate surface area is 162 Å². The van der Waals surface area contributed by atoms with Gasteiger partial charge in [0.15, 0.2) is 5.82 Å². The molecule has 9 heteroatoms. The van der Waals surface area contributed by atoms with Crippen molar-refractivity contribution in [3.05, 3.63) is 63.5 Å². The SMILES string of the molecule is O=C(NCCc1csc2nc(-c3cccc(F)c3)nn12)NCc1cccs1. The molecule has 0 saturated heterocycles. The number of hydrogen-bond acceptors (Lipinski definition) is 5. The largest absolute Gasteiger partial charge is 0.338 e. The number of benzene rings is 1. The van der Waals surface area contributed by atoms with E-state index in [0.717, 1.165) is 15.5 Å². The van der Waals surface area contributed by atoms with E-state index in [4.69, 9.17) is 0 Å². The van der Waals surface area contributed by atoms with Gasteiger partial charge in [0.1, 0.15) is 5.82 Å². The number of halogens is 1. The predicted octanol–water partition coefficient (Wildman–Crippen LogP) is 3.70. The van der Waals surface area contributed by atoms with Gasteiger partial charge in [-0.05, 0) is 23.6 Å². The lowest BCUT2D eigenvalue weighted by Crippen LogP contribution is -2.36. The molecule has 0 saturated carbocycles. The van der Waals surface area contributed by atoms with Crippen LogP contribution in [0.25, 0.3) is 16.3 Å². The molecule has 4 rings (SSSR count). The molecule has 138 valence electrons. The highest BCUT2D eigenvalue weighted by atomic mass is 32.1. The number of carbonyl (C=O) groups excluding carboxylic acids is 1. The summed E-state index contributed by atoms with van der Waals surface area (Å²) in [6, 6.07) is 9.96. The van der Waals surface area contributed by atoms with Crippen LogP contribution >= 0.6 is 22.7 Å². The molecule has 0 atom stereocenters. The fraction of sp³-hybridized carbons (Fsp3) is 0.167. The molecule has 0 aliphatic rings. The van der Waals surface area contributed by atoms with Crippen LogP contribution in [0.15, 0.2) is 47.2 Å². The molecule has 0 bridgehead atoms. The Morgan fingerprint density at radius 2 is 2.11 bits per heavy atom. The van der Waals surface area contributed by atoms with Crippen LogP contribution in [0.2, 0.25) is 0 Å². The summed E-state index contributed by atoms with van der Waals surface area (Å²) in [4.78, 5) is 18.2. The molecular weight excluding hydrogens is 385 g/mol. The zero-order valence-corrected chi connectivity index (χ0v) is 15.8. The molecule has 0 unspecified atom stereocenters. The summed E-state index contributed by atoms with van der Waals surface area (Å²) in [6.45, 7) is 1.00. The number of nitrogens with one attached hydrogen (secondary N) is 2. The maximum Gasteiger partial charge on any atom is 0.315 e. The molecule has 0 spiro atoms. The first-order valence-electron chi connectivity index (χ1n) is 8.32. The smallest absolute Gasteiger partial charge is 0.315 e. The average molecular weight is 401 g/mol. The summed E-state index contributed by atoms with van der Waals surface area (Å²) < 4.78 is 15.1. The molecule has 0 aliphatic carbocycles. The van der Waals surface area contributed by atoms with E-state index in [-0.39, 0.29) is 11.8 Å². The molecular formula is C18H16FN5OS2. The molecule has 3 heterocycles. The fourth-order valence-corrected chi connectivity index (χ4v) is 4.09. The normalized spacial score (nSPS) is 11.0. The van der Waals surface area contributed by atoms with Gasteiger partial charge in [0.25, 0.3) is 0 Å². The quantitative estimate of drug-likeness (QED) is 0.518. The minimum atomic E-state index is -0.316. The lowest BCUT2D eigenvalue weighted by Gasteiger charge is -2.06. The summed E-state index contributed by atoms with van der Waals surface area (Å²) in [6.07, 6.45) is 0.623. The van der Waals surface area contributed by atoms with Crippen LogP contribution in [-0.4, -0.2) is 27.2 Å². The Hall–Kier alpha value is -2.78. The number of urea groups is 1. The first kappa shape index (κ1) is 17.6. The average Bonchev–Trinajstić information content (AvgIpc) is 3.38. The Bertz CT molecular complexity index is 1060. The van der Waals surface area contributed by atoms with Crippen molar-refractivity contribution in [1.82, 2.24) is 25.2 Å². The van der Waals surface area contributed by atoms with Crippen LogP contribution in [-0.2, 0) is 13.0 Å². The summed E-state index contributed by atoms with van der Waals surface area (Å²) in [7, 11) is 0. The number of nitrogens with zero attached hydrogens (tertiary/aromatic N) is 3. The van der Waals surface area contributed by atoms with E-state index in [2.05, 4.69) is 20.7 Å². The molecule has 2 N–H and O–H groups in total. The van der Waals surface area contributed by atoms with E-state index in [1.807, 2.05) is 22.9 Å². The van der Waals surface area contributed by atoms with Crippen LogP contribution in [0.3, 0.4) is 0 Å². The lowest BCUT2D eigenvalue weighted by molar-refractivity contribution is 0.240. The van der Waals surface area contributed by atoms with Crippen molar-refractivity contribution in [1.29, 1.82) is 0 Å². The molecule has 0 fully saturated rings. The second-order valence-corrected chi connectivity index (χ2v) is 7.67. The monoisotopic (exact) mass is 401 g/mol. The lowest BCUT2D eigenvalue weighted by atomic mass is 10.2. The number of rotatable bonds is 6. The van der Waals surface area contributed by atoms with E-state index in [9.17, 15) is 9.18 Å². The number of carbonyl (C=O) groups is 1. The van der Waals surface area contributed by atoms with Gasteiger partial charge < -0.3 is 10.6 Å². The maximum absolute atomic E-state index is 13.4. The number of hydrogen-bond donors (Lipinski definition) is 2. The molecule has 0 radical (unpaired) electrons. The fourth-order valence-electron chi connectivity index (χ4n) is 2.59. The van der Waals surface area contributed by atoms with Gasteiger partial charge in [0, 0.05) is 28.8 Å². The highest BCUT2D eigenvalue weighted by molar-refractivity contribution is 7.15. The second kappa shape index (κ2) is 7.85. The van der Waals surface area contributed by atoms with Gasteiger partial charge in [-0.25, -0.2) is 13.7 Å². The van der Waals surface area contributed by atoms with E-state index in [0.29, 0.717) is 30.9 Å². The van der Waals surface area contributed by atoms with Gasteiger partial charge in [-0.3, -0.25) is 0 Å². The molecule has 2 amide bonds. The standard InChI is InChI=1S/C18H16FN5OS2/c19-13-4-1-3-12(9-13)16-22-18-24(23-16)14(11-27-18)6-7-20-17(25)21-10-15-5-2-8-26-15/h1-5,8-9,11H,6-7,10H2,(H2,20,21,25). The maximum atomic E-state index is 13.4. The summed E-state index contributed by atoms with van der Waals surface area (Å²) in [5.74, 6) is 0.174. The van der Waals surface area contributed by atoms with Crippen LogP contribution in [0.1, 0.15) is 10.6 Å². The third-order valence-corrected chi connectivity index (χ3v) is 5.64. The Morgan fingerprint density at radius 1 is 1.19 bits per heavy atom. The van der Waals surface area contributed by atoms with Crippen LogP contribution in [0, 0.1) is 5.82 Å². The van der Waals surface area contributed by atoms with E-state index in [1.165, 1.54) is 23.5 Å². The Balaban J connectivity index is 1.36. The van der Waals surface area contributed by atoms with Crippen molar-refractivity contribution in [2.75, 3.05) is 6.54 Å². The van der Waals surface area contributed by atoms with E-state index >= 15 is 0 Å². The van der Waals surface area contributed by atoms with Crippen molar-refractivity contribution in [3.63, 3.8) is 0 Å². The van der Waals surface area contributed by atoms with Crippen LogP contribution in [0.5, 0.6) is 0 Å². The van der Waals surface area contributed by atoms with Gasteiger partial charge in [-0.1, -0.05) is 18.2 Å². The van der Waals surface area contributed by atoms with Crippen molar-refractivity contribution in [2.24, 2.45) is 0 Å². The number of fused-ring (bicyclic) bond motifs is 1. The number of amides is 2. The van der Waals surface area contributed by atoms with Gasteiger partial charge in [-0.2, -0.15) is 4.98 Å². The third kappa shape index (κ3) is 4.15. The highest BCUT2D eigenvalue weighted by Crippen LogP contribution is 2.21. The number of thiazole rings is 1. The Morgan fingerprint density at radius 3 is 2.93 bits per heavy atom. The van der Waals surface area contributed by atoms with Crippen LogP contribution in [0.4, 0.5) is 9.18 Å². The minimum Gasteiger partial charge on any atom is -0.338 e. The zero-order valence-electron chi connectivity index (χ0n) is 14.2. The summed E-state index contributed by atoms with van der Waals surface area (Å²) >= 11 is 3.08. The van der Waals surface area contributed by atoms with Crippen LogP contribution < -0.4 is 10.6 Å². The Kier molecular flexibility index (Phi) is 5.12. The first-order valence-corrected chi connectivity index (χ1v) is 10.1.